The minimum atomic E-state index is -0.816. The summed E-state index contributed by atoms with van der Waals surface area (Å²) in [7, 11) is 0. The van der Waals surface area contributed by atoms with Gasteiger partial charge in [0.1, 0.15) is 11.1 Å². The lowest BCUT2D eigenvalue weighted by Gasteiger charge is -2.29. The predicted molar refractivity (Wildman–Crippen MR) is 109 cm³/mol. The highest BCUT2D eigenvalue weighted by molar-refractivity contribution is 6.33. The van der Waals surface area contributed by atoms with E-state index in [0.717, 1.165) is 36.2 Å². The van der Waals surface area contributed by atoms with Crippen LogP contribution in [0.5, 0.6) is 0 Å². The van der Waals surface area contributed by atoms with Crippen molar-refractivity contribution in [3.8, 4) is 0 Å². The zero-order chi connectivity index (χ0) is 19.6. The molecule has 0 radical (unpaired) electrons. The molecule has 2 aromatic rings. The zero-order valence-corrected chi connectivity index (χ0v) is 16.8. The van der Waals surface area contributed by atoms with E-state index in [1.54, 1.807) is 31.3 Å². The van der Waals surface area contributed by atoms with E-state index in [0.29, 0.717) is 16.4 Å². The van der Waals surface area contributed by atoms with Gasteiger partial charge in [-0.15, -0.1) is 0 Å². The molecule has 0 aliphatic carbocycles. The Morgan fingerprint density at radius 2 is 1.93 bits per heavy atom. The third-order valence-corrected chi connectivity index (χ3v) is 5.66. The Bertz CT molecular complexity index is 907. The predicted octanol–water partition coefficient (Wildman–Crippen LogP) is 4.05. The standard InChI is InChI=1S/C19H22Cl2N4O2/c1-12-14(20)7-6-8-15(12)23-18(26)13(2)25-19(27)17(21)16(11-22-25)24-9-4-3-5-10-24/h6-8,11,13H,3-5,9-10H2,1-2H3,(H,23,26)/t13-/m0/s1. The van der Waals surface area contributed by atoms with Crippen LogP contribution < -0.4 is 15.8 Å². The number of benzene rings is 1. The van der Waals surface area contributed by atoms with E-state index >= 15 is 0 Å². The smallest absolute Gasteiger partial charge is 0.288 e. The number of amides is 1. The van der Waals surface area contributed by atoms with Crippen molar-refractivity contribution in [2.45, 2.75) is 39.2 Å². The van der Waals surface area contributed by atoms with Crippen LogP contribution in [0, 0.1) is 6.92 Å². The Morgan fingerprint density at radius 1 is 1.22 bits per heavy atom. The molecule has 0 saturated carbocycles. The summed E-state index contributed by atoms with van der Waals surface area (Å²) in [4.78, 5) is 27.4. The van der Waals surface area contributed by atoms with Crippen molar-refractivity contribution in [3.05, 3.63) is 50.4 Å². The van der Waals surface area contributed by atoms with Crippen molar-refractivity contribution in [1.29, 1.82) is 0 Å². The first-order chi connectivity index (χ1) is 12.9. The molecule has 1 aliphatic rings. The fourth-order valence-electron chi connectivity index (χ4n) is 3.16. The summed E-state index contributed by atoms with van der Waals surface area (Å²) in [5.74, 6) is -0.364. The maximum atomic E-state index is 12.7. The van der Waals surface area contributed by atoms with Gasteiger partial charge in [0.15, 0.2) is 0 Å². The van der Waals surface area contributed by atoms with E-state index in [2.05, 4.69) is 15.3 Å². The number of carbonyl (C=O) groups is 1. The fraction of sp³-hybridized carbons (Fsp3) is 0.421. The monoisotopic (exact) mass is 408 g/mol. The molecule has 1 aromatic carbocycles. The van der Waals surface area contributed by atoms with Crippen molar-refractivity contribution in [3.63, 3.8) is 0 Å². The lowest BCUT2D eigenvalue weighted by atomic mass is 10.1. The van der Waals surface area contributed by atoms with Crippen molar-refractivity contribution < 1.29 is 4.79 Å². The van der Waals surface area contributed by atoms with Gasteiger partial charge in [0.2, 0.25) is 5.91 Å². The first kappa shape index (κ1) is 19.7. The zero-order valence-electron chi connectivity index (χ0n) is 15.3. The van der Waals surface area contributed by atoms with Gasteiger partial charge in [0.05, 0.1) is 11.9 Å². The molecule has 1 amide bonds. The second-order valence-corrected chi connectivity index (χ2v) is 7.50. The second kappa shape index (κ2) is 8.31. The molecule has 8 heteroatoms. The van der Waals surface area contributed by atoms with Gasteiger partial charge >= 0.3 is 0 Å². The summed E-state index contributed by atoms with van der Waals surface area (Å²) >= 11 is 12.4. The SMILES string of the molecule is Cc1c(Cl)cccc1NC(=O)[C@H](C)n1ncc(N2CCCCC2)c(Cl)c1=O. The molecular weight excluding hydrogens is 387 g/mol. The minimum Gasteiger partial charge on any atom is -0.369 e. The number of hydrogen-bond donors (Lipinski definition) is 1. The highest BCUT2D eigenvalue weighted by atomic mass is 35.5. The van der Waals surface area contributed by atoms with Crippen LogP contribution in [0.2, 0.25) is 10.0 Å². The van der Waals surface area contributed by atoms with Gasteiger partial charge in [-0.2, -0.15) is 5.10 Å². The van der Waals surface area contributed by atoms with Crippen molar-refractivity contribution >= 4 is 40.5 Å². The van der Waals surface area contributed by atoms with Crippen LogP contribution in [-0.2, 0) is 4.79 Å². The average molecular weight is 409 g/mol. The second-order valence-electron chi connectivity index (χ2n) is 6.72. The Morgan fingerprint density at radius 3 is 2.63 bits per heavy atom. The number of hydrogen-bond acceptors (Lipinski definition) is 4. The van der Waals surface area contributed by atoms with Gasteiger partial charge in [-0.25, -0.2) is 4.68 Å². The molecule has 3 rings (SSSR count). The molecular formula is C19H22Cl2N4O2. The molecule has 6 nitrogen and oxygen atoms in total. The summed E-state index contributed by atoms with van der Waals surface area (Å²) < 4.78 is 1.12. The summed E-state index contributed by atoms with van der Waals surface area (Å²) in [5.41, 5.74) is 1.53. The van der Waals surface area contributed by atoms with E-state index in [1.165, 1.54) is 6.42 Å². The molecule has 144 valence electrons. The third kappa shape index (κ3) is 4.12. The number of nitrogens with zero attached hydrogens (tertiary/aromatic N) is 3. The summed E-state index contributed by atoms with van der Waals surface area (Å²) in [6, 6.07) is 4.45. The van der Waals surface area contributed by atoms with Crippen LogP contribution >= 0.6 is 23.2 Å². The fourth-order valence-corrected chi connectivity index (χ4v) is 3.59. The van der Waals surface area contributed by atoms with E-state index in [-0.39, 0.29) is 10.9 Å². The normalized spacial score (nSPS) is 15.5. The summed E-state index contributed by atoms with van der Waals surface area (Å²) in [5, 5.41) is 7.67. The van der Waals surface area contributed by atoms with Crippen molar-refractivity contribution in [2.75, 3.05) is 23.3 Å². The van der Waals surface area contributed by atoms with Gasteiger partial charge in [-0.3, -0.25) is 9.59 Å². The molecule has 1 aliphatic heterocycles. The molecule has 1 aromatic heterocycles. The number of aromatic nitrogens is 2. The Labute approximate surface area is 168 Å². The topological polar surface area (TPSA) is 67.2 Å². The highest BCUT2D eigenvalue weighted by Crippen LogP contribution is 2.26. The van der Waals surface area contributed by atoms with Gasteiger partial charge in [0, 0.05) is 23.8 Å². The van der Waals surface area contributed by atoms with E-state index in [1.807, 2.05) is 6.92 Å². The summed E-state index contributed by atoms with van der Waals surface area (Å²) in [6.45, 7) is 5.14. The first-order valence-electron chi connectivity index (χ1n) is 8.98. The Balaban J connectivity index is 1.82. The van der Waals surface area contributed by atoms with Crippen LogP contribution in [0.1, 0.15) is 37.8 Å². The maximum absolute atomic E-state index is 12.7. The van der Waals surface area contributed by atoms with Crippen LogP contribution in [0.25, 0.3) is 0 Å². The minimum absolute atomic E-state index is 0.102. The number of piperidine rings is 1. The van der Waals surface area contributed by atoms with Crippen LogP contribution in [0.15, 0.2) is 29.2 Å². The molecule has 1 saturated heterocycles. The first-order valence-corrected chi connectivity index (χ1v) is 9.74. The lowest BCUT2D eigenvalue weighted by Crippen LogP contribution is -2.36. The van der Waals surface area contributed by atoms with Crippen LogP contribution in [0.3, 0.4) is 0 Å². The Hall–Kier alpha value is -2.05. The van der Waals surface area contributed by atoms with Crippen molar-refractivity contribution in [2.24, 2.45) is 0 Å². The third-order valence-electron chi connectivity index (χ3n) is 4.89. The van der Waals surface area contributed by atoms with Crippen LogP contribution in [0.4, 0.5) is 11.4 Å². The maximum Gasteiger partial charge on any atom is 0.288 e. The quantitative estimate of drug-likeness (QED) is 0.828. The number of halogens is 2. The van der Waals surface area contributed by atoms with E-state index < -0.39 is 11.6 Å². The number of rotatable bonds is 4. The molecule has 0 unspecified atom stereocenters. The number of carbonyl (C=O) groups excluding carboxylic acids is 1. The highest BCUT2D eigenvalue weighted by Gasteiger charge is 2.23. The number of anilines is 2. The molecule has 0 spiro atoms. The van der Waals surface area contributed by atoms with Gasteiger partial charge < -0.3 is 10.2 Å². The summed E-state index contributed by atoms with van der Waals surface area (Å²) in [6.07, 6.45) is 4.89. The Kier molecular flexibility index (Phi) is 6.07. The average Bonchev–Trinajstić information content (AvgIpc) is 2.67. The van der Waals surface area contributed by atoms with Gasteiger partial charge in [-0.05, 0) is 50.8 Å². The van der Waals surface area contributed by atoms with Crippen LogP contribution in [-0.4, -0.2) is 28.8 Å². The lowest BCUT2D eigenvalue weighted by molar-refractivity contribution is -0.119. The molecule has 0 bridgehead atoms. The van der Waals surface area contributed by atoms with Crippen molar-refractivity contribution in [1.82, 2.24) is 9.78 Å². The molecule has 1 N–H and O–H groups in total. The van der Waals surface area contributed by atoms with E-state index in [4.69, 9.17) is 23.2 Å². The van der Waals surface area contributed by atoms with Gasteiger partial charge in [-0.1, -0.05) is 29.3 Å². The largest absolute Gasteiger partial charge is 0.369 e. The number of nitrogens with one attached hydrogen (secondary N) is 1. The molecule has 1 fully saturated rings. The van der Waals surface area contributed by atoms with Gasteiger partial charge in [0.25, 0.3) is 5.56 Å². The molecule has 1 atom stereocenters. The van der Waals surface area contributed by atoms with E-state index in [9.17, 15) is 9.59 Å². The molecule has 2 heterocycles. The molecule has 27 heavy (non-hydrogen) atoms.